The Hall–Kier alpha value is -2.34. The first-order chi connectivity index (χ1) is 11.7. The summed E-state index contributed by atoms with van der Waals surface area (Å²) < 4.78 is 5.02. The number of nitrogens with zero attached hydrogens (tertiary/aromatic N) is 6. The van der Waals surface area contributed by atoms with Crippen molar-refractivity contribution < 1.29 is 0 Å². The van der Waals surface area contributed by atoms with Crippen LogP contribution in [0, 0.1) is 6.92 Å². The molecule has 0 aliphatic heterocycles. The van der Waals surface area contributed by atoms with E-state index >= 15 is 0 Å². The van der Waals surface area contributed by atoms with E-state index in [0.717, 1.165) is 21.4 Å². The Morgan fingerprint density at radius 2 is 1.62 bits per heavy atom. The zero-order chi connectivity index (χ0) is 16.5. The summed E-state index contributed by atoms with van der Waals surface area (Å²) in [5.41, 5.74) is 3.82. The maximum atomic E-state index is 5.95. The number of aromatic nitrogens is 6. The summed E-state index contributed by atoms with van der Waals surface area (Å²) in [6.07, 6.45) is 0. The fraction of sp³-hybridized carbons (Fsp3) is 0.0625. The van der Waals surface area contributed by atoms with Crippen LogP contribution in [0.3, 0.4) is 0 Å². The molecular weight excluding hydrogens is 391 g/mol. The van der Waals surface area contributed by atoms with Crippen LogP contribution in [0.4, 0.5) is 0 Å². The molecule has 4 rings (SSSR count). The minimum absolute atomic E-state index is 0.180. The molecule has 0 fully saturated rings. The normalized spacial score (nSPS) is 10.9. The molecule has 0 saturated heterocycles. The first-order valence-electron chi connectivity index (χ1n) is 7.16. The Labute approximate surface area is 149 Å². The van der Waals surface area contributed by atoms with Crippen LogP contribution in [0.5, 0.6) is 0 Å². The van der Waals surface area contributed by atoms with Gasteiger partial charge in [-0.2, -0.15) is 0 Å². The number of halogens is 1. The molecule has 0 unspecified atom stereocenters. The summed E-state index contributed by atoms with van der Waals surface area (Å²) in [4.78, 5) is 1.53. The van der Waals surface area contributed by atoms with Crippen LogP contribution in [0.15, 0.2) is 48.5 Å². The van der Waals surface area contributed by atoms with Crippen LogP contribution in [0.2, 0.25) is 5.02 Å². The molecule has 24 heavy (non-hydrogen) atoms. The fourth-order valence-corrected chi connectivity index (χ4v) is 3.60. The molecule has 4 aromatic rings. The Kier molecular flexibility index (Phi) is 3.98. The second-order valence-electron chi connectivity index (χ2n) is 5.20. The van der Waals surface area contributed by atoms with Crippen LogP contribution in [0.1, 0.15) is 5.56 Å². The quantitative estimate of drug-likeness (QED) is 0.494. The van der Waals surface area contributed by atoms with E-state index in [1.807, 2.05) is 55.5 Å². The number of hydrogen-bond acceptors (Lipinski definition) is 5. The zero-order valence-corrected chi connectivity index (χ0v) is 15.1. The molecule has 6 nitrogen and oxygen atoms in total. The fourth-order valence-electron chi connectivity index (χ4n) is 2.22. The predicted octanol–water partition coefficient (Wildman–Crippen LogP) is 2.81. The Morgan fingerprint density at radius 1 is 0.917 bits per heavy atom. The average molecular weight is 402 g/mol. The Balaban J connectivity index is 1.72. The van der Waals surface area contributed by atoms with Crippen molar-refractivity contribution in [2.45, 2.75) is 6.92 Å². The maximum absolute atomic E-state index is 5.95. The van der Waals surface area contributed by atoms with E-state index in [2.05, 4.69) is 24.6 Å². The van der Waals surface area contributed by atoms with Crippen LogP contribution >= 0.6 is 11.6 Å². The molecule has 0 bridgehead atoms. The van der Waals surface area contributed by atoms with Gasteiger partial charge < -0.3 is 0 Å². The van der Waals surface area contributed by atoms with Crippen molar-refractivity contribution in [2.75, 3.05) is 0 Å². The minimum atomic E-state index is -0.180. The standard InChI is InChI=1S/C16H11ClN6Se/c1-10-2-4-12(5-3-10)15-19-21-23(20-15)16-14(18-22-24-16)11-6-8-13(17)9-7-11/h2-9H,1H3. The van der Waals surface area contributed by atoms with Gasteiger partial charge >= 0.3 is 149 Å². The van der Waals surface area contributed by atoms with Crippen molar-refractivity contribution in [1.82, 2.24) is 29.4 Å². The molecule has 118 valence electrons. The van der Waals surface area contributed by atoms with Gasteiger partial charge in [0.25, 0.3) is 0 Å². The van der Waals surface area contributed by atoms with Crippen molar-refractivity contribution in [3.63, 3.8) is 0 Å². The molecule has 0 saturated carbocycles. The monoisotopic (exact) mass is 402 g/mol. The van der Waals surface area contributed by atoms with Gasteiger partial charge in [-0.15, -0.1) is 0 Å². The van der Waals surface area contributed by atoms with Crippen molar-refractivity contribution in [3.05, 3.63) is 59.1 Å². The Morgan fingerprint density at radius 3 is 2.38 bits per heavy atom. The Bertz CT molecular complexity index is 974. The van der Waals surface area contributed by atoms with Gasteiger partial charge in [-0.3, -0.25) is 0 Å². The topological polar surface area (TPSA) is 69.4 Å². The second-order valence-corrected chi connectivity index (χ2v) is 7.18. The van der Waals surface area contributed by atoms with Crippen molar-refractivity contribution in [3.8, 4) is 27.2 Å². The van der Waals surface area contributed by atoms with Crippen molar-refractivity contribution >= 4 is 26.3 Å². The molecule has 0 atom stereocenters. The third-order valence-corrected chi connectivity index (χ3v) is 5.20. The van der Waals surface area contributed by atoms with E-state index in [-0.39, 0.29) is 14.7 Å². The molecule has 2 aromatic heterocycles. The summed E-state index contributed by atoms with van der Waals surface area (Å²) >= 11 is 5.77. The molecule has 2 aromatic carbocycles. The van der Waals surface area contributed by atoms with Gasteiger partial charge in [0.05, 0.1) is 0 Å². The number of rotatable bonds is 3. The first-order valence-corrected chi connectivity index (χ1v) is 9.16. The third kappa shape index (κ3) is 2.89. The summed E-state index contributed by atoms with van der Waals surface area (Å²) in [7, 11) is 0. The van der Waals surface area contributed by atoms with Gasteiger partial charge in [-0.1, -0.05) is 0 Å². The van der Waals surface area contributed by atoms with E-state index in [1.165, 1.54) is 10.4 Å². The molecule has 2 heterocycles. The molecule has 0 radical (unpaired) electrons. The van der Waals surface area contributed by atoms with E-state index in [0.29, 0.717) is 10.8 Å². The molecular formula is C16H11ClN6Se. The molecule has 0 N–H and O–H groups in total. The molecule has 0 amide bonds. The van der Waals surface area contributed by atoms with E-state index in [1.54, 1.807) is 0 Å². The summed E-state index contributed by atoms with van der Waals surface area (Å²) in [5.74, 6) is 0.584. The first kappa shape index (κ1) is 15.2. The third-order valence-electron chi connectivity index (χ3n) is 3.49. The molecule has 0 aliphatic rings. The molecule has 8 heteroatoms. The number of aryl methyl sites for hydroxylation is 1. The van der Waals surface area contributed by atoms with Gasteiger partial charge in [0.15, 0.2) is 0 Å². The summed E-state index contributed by atoms with van der Waals surface area (Å²) in [5, 5.41) is 17.8. The zero-order valence-electron chi connectivity index (χ0n) is 12.6. The van der Waals surface area contributed by atoms with Crippen LogP contribution < -0.4 is 0 Å². The van der Waals surface area contributed by atoms with E-state index in [9.17, 15) is 0 Å². The number of tetrazole rings is 1. The van der Waals surface area contributed by atoms with Crippen molar-refractivity contribution in [1.29, 1.82) is 0 Å². The number of benzene rings is 2. The van der Waals surface area contributed by atoms with Gasteiger partial charge in [-0.25, -0.2) is 0 Å². The molecule has 0 aliphatic carbocycles. The van der Waals surface area contributed by atoms with Crippen LogP contribution in [-0.2, 0) is 0 Å². The van der Waals surface area contributed by atoms with Gasteiger partial charge in [-0.05, 0) is 0 Å². The van der Waals surface area contributed by atoms with E-state index < -0.39 is 0 Å². The second kappa shape index (κ2) is 6.28. The van der Waals surface area contributed by atoms with Gasteiger partial charge in [0, 0.05) is 0 Å². The summed E-state index contributed by atoms with van der Waals surface area (Å²) in [6.45, 7) is 2.04. The van der Waals surface area contributed by atoms with Crippen molar-refractivity contribution in [2.24, 2.45) is 0 Å². The van der Waals surface area contributed by atoms with Crippen LogP contribution in [0.25, 0.3) is 27.2 Å². The summed E-state index contributed by atoms with van der Waals surface area (Å²) in [6, 6.07) is 15.5. The van der Waals surface area contributed by atoms with E-state index in [4.69, 9.17) is 11.6 Å². The van der Waals surface area contributed by atoms with Gasteiger partial charge in [0.2, 0.25) is 0 Å². The van der Waals surface area contributed by atoms with Crippen LogP contribution in [-0.4, -0.2) is 44.1 Å². The predicted molar refractivity (Wildman–Crippen MR) is 92.3 cm³/mol. The number of hydrogen-bond donors (Lipinski definition) is 0. The van der Waals surface area contributed by atoms with Gasteiger partial charge in [0.1, 0.15) is 0 Å². The average Bonchev–Trinajstić information content (AvgIpc) is 3.25. The molecule has 0 spiro atoms. The SMILES string of the molecule is Cc1ccc(-c2nnn(-c3[se]nnc3-c3ccc(Cl)cc3)n2)cc1.